The first-order valence-electron chi connectivity index (χ1n) is 10.2. The molecule has 1 heterocycles. The minimum atomic E-state index is -0.244. The molecule has 0 amide bonds. The van der Waals surface area contributed by atoms with Crippen LogP contribution in [0.15, 0.2) is 88.8 Å². The summed E-state index contributed by atoms with van der Waals surface area (Å²) in [5.41, 5.74) is 0.738. The molecule has 154 valence electrons. The number of hydrogen-bond donors (Lipinski definition) is 1. The number of rotatable bonds is 5. The highest BCUT2D eigenvalue weighted by atomic mass is 16.5. The zero-order valence-electron chi connectivity index (χ0n) is 17.0. The minimum Gasteiger partial charge on any atom is -0.494 e. The Morgan fingerprint density at radius 2 is 1.63 bits per heavy atom. The van der Waals surface area contributed by atoms with Crippen LogP contribution in [0.25, 0.3) is 0 Å². The quantitative estimate of drug-likeness (QED) is 0.641. The zero-order valence-corrected chi connectivity index (χ0v) is 17.0. The van der Waals surface area contributed by atoms with Crippen LogP contribution < -0.4 is 9.47 Å². The molecule has 2 aromatic carbocycles. The molecule has 1 N–H and O–H groups in total. The molecule has 2 aliphatic rings. The molecule has 1 aliphatic heterocycles. The van der Waals surface area contributed by atoms with E-state index < -0.39 is 0 Å². The number of aliphatic hydroxyl groups excluding tert-OH is 1. The highest BCUT2D eigenvalue weighted by Crippen LogP contribution is 2.31. The largest absolute Gasteiger partial charge is 0.494 e. The van der Waals surface area contributed by atoms with E-state index >= 15 is 0 Å². The molecule has 30 heavy (non-hydrogen) atoms. The van der Waals surface area contributed by atoms with E-state index in [0.717, 1.165) is 42.8 Å². The lowest BCUT2D eigenvalue weighted by Crippen LogP contribution is -2.31. The van der Waals surface area contributed by atoms with Crippen molar-refractivity contribution in [3.05, 3.63) is 78.7 Å². The standard InChI is InChI=1S/C24H25N3O3/c1-3-22-23(25-17(2)28)27(18-9-7-8-10-18)26-24(22)30-21-15-13-20(14-16-21)29-19-11-5-4-6-12-19/h3-6,11-16,18,28H,2,7-10H2,1H3/b22-3+,25-23+. The van der Waals surface area contributed by atoms with Gasteiger partial charge in [-0.2, -0.15) is 4.99 Å². The predicted molar refractivity (Wildman–Crippen MR) is 118 cm³/mol. The number of aliphatic hydroxyl groups is 1. The fraction of sp³-hybridized carbons (Fsp3) is 0.250. The van der Waals surface area contributed by atoms with Crippen LogP contribution in [-0.4, -0.2) is 27.9 Å². The number of amidine groups is 1. The van der Waals surface area contributed by atoms with Crippen LogP contribution in [0.3, 0.4) is 0 Å². The number of hydrazone groups is 1. The van der Waals surface area contributed by atoms with Gasteiger partial charge in [-0.3, -0.25) is 0 Å². The molecular formula is C24H25N3O3. The average Bonchev–Trinajstić information content (AvgIpc) is 3.38. The SMILES string of the molecule is C=C(O)/N=C1\C(=C/C)C(Oc2ccc(Oc3ccccc3)cc2)=NN1C1CCCC1. The molecule has 2 aromatic rings. The second kappa shape index (κ2) is 8.86. The van der Waals surface area contributed by atoms with Gasteiger partial charge in [0, 0.05) is 0 Å². The van der Waals surface area contributed by atoms with E-state index in [2.05, 4.69) is 16.7 Å². The van der Waals surface area contributed by atoms with E-state index in [1.807, 2.05) is 72.6 Å². The number of ether oxygens (including phenoxy) is 2. The van der Waals surface area contributed by atoms with Gasteiger partial charge in [-0.05, 0) is 62.7 Å². The second-order valence-corrected chi connectivity index (χ2v) is 7.23. The topological polar surface area (TPSA) is 66.7 Å². The molecule has 1 fully saturated rings. The summed E-state index contributed by atoms with van der Waals surface area (Å²) in [5, 5.41) is 16.2. The lowest BCUT2D eigenvalue weighted by atomic mass is 10.2. The zero-order chi connectivity index (χ0) is 20.9. The van der Waals surface area contributed by atoms with Gasteiger partial charge >= 0.3 is 0 Å². The van der Waals surface area contributed by atoms with E-state index in [1.54, 1.807) is 0 Å². The Hall–Kier alpha value is -3.54. The molecule has 0 atom stereocenters. The minimum absolute atomic E-state index is 0.244. The van der Waals surface area contributed by atoms with Gasteiger partial charge in [0.2, 0.25) is 11.8 Å². The van der Waals surface area contributed by atoms with Crippen molar-refractivity contribution in [2.45, 2.75) is 38.6 Å². The molecule has 0 saturated heterocycles. The summed E-state index contributed by atoms with van der Waals surface area (Å²) >= 11 is 0. The number of allylic oxidation sites excluding steroid dienone is 1. The summed E-state index contributed by atoms with van der Waals surface area (Å²) in [5.74, 6) is 2.94. The van der Waals surface area contributed by atoms with Gasteiger partial charge in [-0.25, -0.2) is 5.01 Å². The first-order valence-corrected chi connectivity index (χ1v) is 10.2. The van der Waals surface area contributed by atoms with Crippen molar-refractivity contribution in [3.8, 4) is 17.2 Å². The van der Waals surface area contributed by atoms with Crippen molar-refractivity contribution in [2.24, 2.45) is 10.1 Å². The fourth-order valence-corrected chi connectivity index (χ4v) is 3.70. The van der Waals surface area contributed by atoms with E-state index in [4.69, 9.17) is 9.47 Å². The van der Waals surface area contributed by atoms with Crippen LogP contribution in [0.1, 0.15) is 32.6 Å². The maximum absolute atomic E-state index is 9.67. The first kappa shape index (κ1) is 19.8. The normalized spacial score (nSPS) is 19.4. The van der Waals surface area contributed by atoms with E-state index in [1.165, 1.54) is 0 Å². The Morgan fingerprint density at radius 3 is 2.23 bits per heavy atom. The Balaban J connectivity index is 1.53. The molecule has 0 unspecified atom stereocenters. The number of nitrogens with zero attached hydrogens (tertiary/aromatic N) is 3. The number of benzene rings is 2. The highest BCUT2D eigenvalue weighted by molar-refractivity contribution is 6.24. The monoisotopic (exact) mass is 403 g/mol. The maximum Gasteiger partial charge on any atom is 0.247 e. The average molecular weight is 403 g/mol. The molecule has 0 aromatic heterocycles. The third-order valence-electron chi connectivity index (χ3n) is 5.10. The second-order valence-electron chi connectivity index (χ2n) is 7.23. The van der Waals surface area contributed by atoms with E-state index in [9.17, 15) is 5.11 Å². The first-order chi connectivity index (χ1) is 14.6. The molecular weight excluding hydrogens is 378 g/mol. The Kier molecular flexibility index (Phi) is 5.84. The molecule has 0 radical (unpaired) electrons. The predicted octanol–water partition coefficient (Wildman–Crippen LogP) is 5.80. The molecule has 4 rings (SSSR count). The number of para-hydroxylation sites is 1. The van der Waals surface area contributed by atoms with Crippen LogP contribution in [0.4, 0.5) is 0 Å². The molecule has 1 saturated carbocycles. The molecule has 0 spiro atoms. The lowest BCUT2D eigenvalue weighted by Gasteiger charge is -2.21. The van der Waals surface area contributed by atoms with Gasteiger partial charge < -0.3 is 14.6 Å². The Labute approximate surface area is 176 Å². The van der Waals surface area contributed by atoms with Crippen molar-refractivity contribution in [1.29, 1.82) is 0 Å². The Bertz CT molecular complexity index is 988. The fourth-order valence-electron chi connectivity index (χ4n) is 3.70. The molecule has 0 bridgehead atoms. The Morgan fingerprint density at radius 1 is 1.03 bits per heavy atom. The summed E-state index contributed by atoms with van der Waals surface area (Å²) < 4.78 is 11.9. The van der Waals surface area contributed by atoms with E-state index in [-0.39, 0.29) is 11.9 Å². The van der Waals surface area contributed by atoms with Gasteiger partial charge in [0.15, 0.2) is 5.84 Å². The van der Waals surface area contributed by atoms with Crippen LogP contribution in [0.5, 0.6) is 17.2 Å². The van der Waals surface area contributed by atoms with Crippen molar-refractivity contribution in [2.75, 3.05) is 0 Å². The van der Waals surface area contributed by atoms with Crippen LogP contribution in [0, 0.1) is 0 Å². The summed E-state index contributed by atoms with van der Waals surface area (Å²) in [6, 6.07) is 17.3. The van der Waals surface area contributed by atoms with Gasteiger partial charge in [0.1, 0.15) is 17.2 Å². The maximum atomic E-state index is 9.67. The summed E-state index contributed by atoms with van der Waals surface area (Å²) in [6.07, 6.45) is 6.29. The third-order valence-corrected chi connectivity index (χ3v) is 5.10. The van der Waals surface area contributed by atoms with Gasteiger partial charge in [-0.15, -0.1) is 5.10 Å². The number of hydrogen-bond acceptors (Lipinski definition) is 5. The van der Waals surface area contributed by atoms with Crippen molar-refractivity contribution in [3.63, 3.8) is 0 Å². The summed E-state index contributed by atoms with van der Waals surface area (Å²) in [7, 11) is 0. The smallest absolute Gasteiger partial charge is 0.247 e. The summed E-state index contributed by atoms with van der Waals surface area (Å²) in [6.45, 7) is 5.41. The van der Waals surface area contributed by atoms with Gasteiger partial charge in [0.05, 0.1) is 11.6 Å². The molecule has 6 nitrogen and oxygen atoms in total. The van der Waals surface area contributed by atoms with Crippen LogP contribution in [-0.2, 0) is 0 Å². The highest BCUT2D eigenvalue weighted by Gasteiger charge is 2.35. The van der Waals surface area contributed by atoms with Gasteiger partial charge in [0.25, 0.3) is 0 Å². The van der Waals surface area contributed by atoms with Crippen molar-refractivity contribution < 1.29 is 14.6 Å². The van der Waals surface area contributed by atoms with Crippen LogP contribution in [0.2, 0.25) is 0 Å². The van der Waals surface area contributed by atoms with Crippen molar-refractivity contribution >= 4 is 11.7 Å². The third kappa shape index (κ3) is 4.38. The number of aliphatic imine (C=N–C) groups is 1. The van der Waals surface area contributed by atoms with E-state index in [0.29, 0.717) is 17.5 Å². The van der Waals surface area contributed by atoms with Gasteiger partial charge in [-0.1, -0.05) is 37.1 Å². The molecule has 1 aliphatic carbocycles. The lowest BCUT2D eigenvalue weighted by molar-refractivity contribution is 0.327. The summed E-state index contributed by atoms with van der Waals surface area (Å²) in [4.78, 5) is 4.23. The molecule has 6 heteroatoms. The van der Waals surface area contributed by atoms with Crippen molar-refractivity contribution in [1.82, 2.24) is 5.01 Å². The van der Waals surface area contributed by atoms with Crippen LogP contribution >= 0.6 is 0 Å².